The van der Waals surface area contributed by atoms with Crippen LogP contribution in [-0.2, 0) is 6.18 Å². The molecule has 4 rings (SSSR count). The highest BCUT2D eigenvalue weighted by molar-refractivity contribution is 6.31. The quantitative estimate of drug-likeness (QED) is 0.271. The van der Waals surface area contributed by atoms with E-state index in [-0.39, 0.29) is 17.4 Å². The lowest BCUT2D eigenvalue weighted by atomic mass is 10.0. The summed E-state index contributed by atoms with van der Waals surface area (Å²) in [6.07, 6.45) is -4.95. The predicted molar refractivity (Wildman–Crippen MR) is 113 cm³/mol. The molecule has 0 radical (unpaired) electrons. The van der Waals surface area contributed by atoms with Crippen molar-refractivity contribution in [1.29, 1.82) is 0 Å². The molecule has 0 saturated carbocycles. The van der Waals surface area contributed by atoms with Gasteiger partial charge in [0.25, 0.3) is 5.91 Å². The van der Waals surface area contributed by atoms with Gasteiger partial charge in [-0.2, -0.15) is 13.2 Å². The number of benzene rings is 3. The van der Waals surface area contributed by atoms with E-state index in [1.807, 2.05) is 0 Å². The van der Waals surface area contributed by atoms with Gasteiger partial charge in [0, 0.05) is 21.5 Å². The lowest BCUT2D eigenvalue weighted by Gasteiger charge is -2.13. The second kappa shape index (κ2) is 8.12. The van der Waals surface area contributed by atoms with Crippen molar-refractivity contribution in [2.75, 3.05) is 5.32 Å². The Labute approximate surface area is 183 Å². The number of anilines is 1. The van der Waals surface area contributed by atoms with E-state index in [0.29, 0.717) is 21.5 Å². The molecule has 1 aromatic heterocycles. The third-order valence-corrected chi connectivity index (χ3v) is 5.03. The summed E-state index contributed by atoms with van der Waals surface area (Å²) >= 11 is 6.01. The Balaban J connectivity index is 1.83. The van der Waals surface area contributed by atoms with Gasteiger partial charge in [0.2, 0.25) is 5.78 Å². The molecule has 0 aliphatic rings. The predicted octanol–water partition coefficient (Wildman–Crippen LogP) is 6.46. The second-order valence-electron chi connectivity index (χ2n) is 6.90. The normalized spacial score (nSPS) is 11.5. The summed E-state index contributed by atoms with van der Waals surface area (Å²) in [5.41, 5.74) is -1.53. The number of halogens is 5. The van der Waals surface area contributed by atoms with Gasteiger partial charge in [0.05, 0.1) is 16.8 Å². The number of carbonyl (C=O) groups excluding carboxylic acids is 2. The first-order valence-corrected chi connectivity index (χ1v) is 9.62. The number of hydrogen-bond donors (Lipinski definition) is 2. The SMILES string of the molecule is O=C(Nc1c(C(=O)c2ccccc2)[nH]c2cc(Cl)ccc12)c1ccc(F)cc1C(F)(F)F. The van der Waals surface area contributed by atoms with Gasteiger partial charge in [-0.25, -0.2) is 4.39 Å². The first kappa shape index (κ1) is 21.6. The van der Waals surface area contributed by atoms with Crippen LogP contribution in [0.1, 0.15) is 32.0 Å². The number of nitrogens with one attached hydrogen (secondary N) is 2. The standard InChI is InChI=1S/C23H13ClF4N2O2/c24-13-6-8-16-18(10-13)29-20(21(31)12-4-2-1-3-5-12)19(16)30-22(32)15-9-7-14(25)11-17(15)23(26,27)28/h1-11,29H,(H,30,32). The number of carbonyl (C=O) groups is 2. The Kier molecular flexibility index (Phi) is 5.48. The Morgan fingerprint density at radius 3 is 2.34 bits per heavy atom. The molecule has 1 amide bonds. The monoisotopic (exact) mass is 460 g/mol. The van der Waals surface area contributed by atoms with Crippen LogP contribution < -0.4 is 5.32 Å². The van der Waals surface area contributed by atoms with Crippen LogP contribution in [0.2, 0.25) is 5.02 Å². The molecule has 32 heavy (non-hydrogen) atoms. The molecule has 0 aliphatic carbocycles. The van der Waals surface area contributed by atoms with E-state index in [4.69, 9.17) is 11.6 Å². The number of ketones is 1. The molecule has 3 aromatic carbocycles. The molecular weight excluding hydrogens is 448 g/mol. The van der Waals surface area contributed by atoms with Crippen LogP contribution >= 0.6 is 11.6 Å². The molecule has 0 unspecified atom stereocenters. The van der Waals surface area contributed by atoms with E-state index >= 15 is 0 Å². The smallest absolute Gasteiger partial charge is 0.350 e. The fraction of sp³-hybridized carbons (Fsp3) is 0.0435. The zero-order chi connectivity index (χ0) is 23.0. The van der Waals surface area contributed by atoms with Gasteiger partial charge in [-0.05, 0) is 36.4 Å². The van der Waals surface area contributed by atoms with Crippen molar-refractivity contribution in [2.24, 2.45) is 0 Å². The third-order valence-electron chi connectivity index (χ3n) is 4.79. The highest BCUT2D eigenvalue weighted by Crippen LogP contribution is 2.35. The Bertz CT molecular complexity index is 1350. The van der Waals surface area contributed by atoms with E-state index in [1.54, 1.807) is 30.3 Å². The molecule has 0 fully saturated rings. The summed E-state index contributed by atoms with van der Waals surface area (Å²) in [6.45, 7) is 0. The molecule has 0 bridgehead atoms. The van der Waals surface area contributed by atoms with Crippen LogP contribution in [0.5, 0.6) is 0 Å². The number of alkyl halides is 3. The maximum Gasteiger partial charge on any atom is 0.417 e. The number of amides is 1. The third kappa shape index (κ3) is 4.09. The van der Waals surface area contributed by atoms with E-state index in [1.165, 1.54) is 18.2 Å². The molecule has 162 valence electrons. The molecule has 4 nitrogen and oxygen atoms in total. The second-order valence-corrected chi connectivity index (χ2v) is 7.34. The van der Waals surface area contributed by atoms with Gasteiger partial charge < -0.3 is 10.3 Å². The van der Waals surface area contributed by atoms with Gasteiger partial charge in [-0.3, -0.25) is 9.59 Å². The summed E-state index contributed by atoms with van der Waals surface area (Å²) in [4.78, 5) is 28.8. The zero-order valence-corrected chi connectivity index (χ0v) is 16.8. The lowest BCUT2D eigenvalue weighted by molar-refractivity contribution is -0.138. The molecule has 4 aromatic rings. The van der Waals surface area contributed by atoms with Crippen molar-refractivity contribution in [3.63, 3.8) is 0 Å². The first-order valence-electron chi connectivity index (χ1n) is 9.24. The van der Waals surface area contributed by atoms with Crippen LogP contribution in [0.3, 0.4) is 0 Å². The van der Waals surface area contributed by atoms with Crippen molar-refractivity contribution in [3.8, 4) is 0 Å². The summed E-state index contributed by atoms with van der Waals surface area (Å²) in [5.74, 6) is -2.76. The Hall–Kier alpha value is -3.65. The summed E-state index contributed by atoms with van der Waals surface area (Å²) in [7, 11) is 0. The number of H-pyrrole nitrogens is 1. The Morgan fingerprint density at radius 1 is 0.938 bits per heavy atom. The maximum atomic E-state index is 13.4. The van der Waals surface area contributed by atoms with E-state index in [2.05, 4.69) is 10.3 Å². The minimum Gasteiger partial charge on any atom is -0.350 e. The topological polar surface area (TPSA) is 62.0 Å². The van der Waals surface area contributed by atoms with Crippen LogP contribution in [0.4, 0.5) is 23.2 Å². The lowest BCUT2D eigenvalue weighted by Crippen LogP contribution is -2.20. The van der Waals surface area contributed by atoms with Crippen molar-refractivity contribution in [3.05, 3.63) is 100.0 Å². The fourth-order valence-corrected chi connectivity index (χ4v) is 3.51. The minimum absolute atomic E-state index is 0.00651. The van der Waals surface area contributed by atoms with Crippen molar-refractivity contribution in [2.45, 2.75) is 6.18 Å². The fourth-order valence-electron chi connectivity index (χ4n) is 3.33. The van der Waals surface area contributed by atoms with Crippen LogP contribution in [-0.4, -0.2) is 16.7 Å². The number of hydrogen-bond acceptors (Lipinski definition) is 2. The van der Waals surface area contributed by atoms with Crippen molar-refractivity contribution >= 4 is 39.9 Å². The van der Waals surface area contributed by atoms with E-state index in [9.17, 15) is 27.2 Å². The number of rotatable bonds is 4. The van der Waals surface area contributed by atoms with Gasteiger partial charge in [-0.15, -0.1) is 0 Å². The Morgan fingerprint density at radius 2 is 1.66 bits per heavy atom. The van der Waals surface area contributed by atoms with Crippen LogP contribution in [0.15, 0.2) is 66.7 Å². The molecule has 2 N–H and O–H groups in total. The maximum absolute atomic E-state index is 13.4. The largest absolute Gasteiger partial charge is 0.417 e. The molecular formula is C23H13ClF4N2O2. The molecule has 0 saturated heterocycles. The highest BCUT2D eigenvalue weighted by Gasteiger charge is 2.36. The van der Waals surface area contributed by atoms with Gasteiger partial charge in [0.15, 0.2) is 0 Å². The van der Waals surface area contributed by atoms with Crippen LogP contribution in [0, 0.1) is 5.82 Å². The van der Waals surface area contributed by atoms with E-state index < -0.39 is 34.8 Å². The summed E-state index contributed by atoms with van der Waals surface area (Å²) < 4.78 is 53.5. The minimum atomic E-state index is -4.95. The molecule has 0 atom stereocenters. The molecule has 0 spiro atoms. The summed E-state index contributed by atoms with van der Waals surface area (Å²) in [5, 5.41) is 3.12. The number of fused-ring (bicyclic) bond motifs is 1. The number of aromatic nitrogens is 1. The molecule has 1 heterocycles. The van der Waals surface area contributed by atoms with Crippen molar-refractivity contribution < 1.29 is 27.2 Å². The van der Waals surface area contributed by atoms with Gasteiger partial charge in [-0.1, -0.05) is 41.9 Å². The van der Waals surface area contributed by atoms with E-state index in [0.717, 1.165) is 12.1 Å². The van der Waals surface area contributed by atoms with Crippen LogP contribution in [0.25, 0.3) is 10.9 Å². The number of aromatic amines is 1. The van der Waals surface area contributed by atoms with Gasteiger partial charge >= 0.3 is 6.18 Å². The first-order chi connectivity index (χ1) is 15.1. The highest BCUT2D eigenvalue weighted by atomic mass is 35.5. The summed E-state index contributed by atoms with van der Waals surface area (Å²) in [6, 6.07) is 14.5. The average molecular weight is 461 g/mol. The molecule has 9 heteroatoms. The average Bonchev–Trinajstić information content (AvgIpc) is 3.10. The van der Waals surface area contributed by atoms with Crippen molar-refractivity contribution in [1.82, 2.24) is 4.98 Å². The van der Waals surface area contributed by atoms with Gasteiger partial charge in [0.1, 0.15) is 11.5 Å². The zero-order valence-electron chi connectivity index (χ0n) is 16.1. The molecule has 0 aliphatic heterocycles.